The highest BCUT2D eigenvalue weighted by molar-refractivity contribution is 6.47. The Hall–Kier alpha value is -0.795. The Morgan fingerprint density at radius 3 is 1.90 bits per heavy atom. The highest BCUT2D eigenvalue weighted by Gasteiger charge is 2.52. The highest BCUT2D eigenvalue weighted by atomic mass is 16.7. The third-order valence-electron chi connectivity index (χ3n) is 4.47. The van der Waals surface area contributed by atoms with E-state index < -0.39 is 0 Å². The second kappa shape index (κ2) is 7.46. The molecule has 1 heterocycles. The minimum atomic E-state index is -0.224. The topological polar surface area (TPSA) is 18.5 Å². The maximum atomic E-state index is 6.09. The van der Waals surface area contributed by atoms with Crippen molar-refractivity contribution in [2.45, 2.75) is 78.3 Å². The van der Waals surface area contributed by atoms with E-state index >= 15 is 0 Å². The summed E-state index contributed by atoms with van der Waals surface area (Å²) in [6.07, 6.45) is 2.16. The lowest BCUT2D eigenvalue weighted by atomic mass is 9.70. The van der Waals surface area contributed by atoms with Gasteiger partial charge in [-0.2, -0.15) is 0 Å². The molecule has 1 unspecified atom stereocenters. The summed E-state index contributed by atoms with van der Waals surface area (Å²) in [6.45, 7) is 14.6. The quantitative estimate of drug-likeness (QED) is 0.716. The van der Waals surface area contributed by atoms with E-state index in [-0.39, 0.29) is 18.3 Å². The molecule has 1 aliphatic heterocycles. The first-order valence-electron chi connectivity index (χ1n) is 8.21. The van der Waals surface area contributed by atoms with Crippen molar-refractivity contribution in [2.24, 2.45) is 0 Å². The van der Waals surface area contributed by atoms with Crippen molar-refractivity contribution in [3.05, 3.63) is 35.9 Å². The predicted molar refractivity (Wildman–Crippen MR) is 91.6 cm³/mol. The molecule has 0 bridgehead atoms. The van der Waals surface area contributed by atoms with E-state index in [1.165, 1.54) is 5.56 Å². The molecule has 0 aliphatic carbocycles. The van der Waals surface area contributed by atoms with Crippen LogP contribution in [-0.2, 0) is 15.7 Å². The number of benzene rings is 1. The van der Waals surface area contributed by atoms with E-state index in [0.29, 0.717) is 5.82 Å². The van der Waals surface area contributed by atoms with Gasteiger partial charge in [-0.3, -0.25) is 0 Å². The van der Waals surface area contributed by atoms with Gasteiger partial charge >= 0.3 is 7.12 Å². The van der Waals surface area contributed by atoms with Gasteiger partial charge in [0.15, 0.2) is 0 Å². The van der Waals surface area contributed by atoms with Gasteiger partial charge in [0.05, 0.1) is 11.2 Å². The van der Waals surface area contributed by atoms with Crippen molar-refractivity contribution in [3.8, 4) is 0 Å². The first kappa shape index (κ1) is 18.3. The largest absolute Gasteiger partial charge is 0.460 e. The number of hydrogen-bond donors (Lipinski definition) is 0. The molecule has 0 saturated carbocycles. The fourth-order valence-corrected chi connectivity index (χ4v) is 2.30. The maximum absolute atomic E-state index is 6.09. The summed E-state index contributed by atoms with van der Waals surface area (Å²) in [4.78, 5) is 0. The molecular weight excluding hydrogens is 259 g/mol. The van der Waals surface area contributed by atoms with Gasteiger partial charge in [-0.1, -0.05) is 51.1 Å². The van der Waals surface area contributed by atoms with Gasteiger partial charge in [-0.15, -0.1) is 0 Å². The molecule has 3 heteroatoms. The minimum absolute atomic E-state index is 0.0892. The van der Waals surface area contributed by atoms with Crippen LogP contribution in [0.25, 0.3) is 0 Å². The summed E-state index contributed by atoms with van der Waals surface area (Å²) in [7, 11) is -0.0892. The summed E-state index contributed by atoms with van der Waals surface area (Å²) in [6, 6.07) is 10.6. The summed E-state index contributed by atoms with van der Waals surface area (Å²) >= 11 is 0. The Balaban J connectivity index is 0.00000106. The molecule has 1 saturated heterocycles. The average Bonchev–Trinajstić information content (AvgIpc) is 2.68. The zero-order valence-corrected chi connectivity index (χ0v) is 14.8. The summed E-state index contributed by atoms with van der Waals surface area (Å²) in [5.74, 6) is 0.404. The van der Waals surface area contributed by atoms with Gasteiger partial charge in [0.2, 0.25) is 0 Å². The van der Waals surface area contributed by atoms with Crippen LogP contribution in [0.3, 0.4) is 0 Å². The second-order valence-electron chi connectivity index (χ2n) is 6.63. The molecule has 0 amide bonds. The molecule has 2 rings (SSSR count). The van der Waals surface area contributed by atoms with Gasteiger partial charge < -0.3 is 9.31 Å². The maximum Gasteiger partial charge on any atom is 0.460 e. The minimum Gasteiger partial charge on any atom is -0.403 e. The van der Waals surface area contributed by atoms with Crippen molar-refractivity contribution in [3.63, 3.8) is 0 Å². The van der Waals surface area contributed by atoms with Crippen LogP contribution < -0.4 is 0 Å². The molecule has 0 N–H and O–H groups in total. The van der Waals surface area contributed by atoms with E-state index in [0.717, 1.165) is 12.8 Å². The van der Waals surface area contributed by atoms with E-state index in [4.69, 9.17) is 9.31 Å². The molecule has 1 aromatic carbocycles. The van der Waals surface area contributed by atoms with Gasteiger partial charge in [-0.25, -0.2) is 0 Å². The molecule has 1 aromatic rings. The van der Waals surface area contributed by atoms with E-state index in [2.05, 4.69) is 65.0 Å². The Kier molecular flexibility index (Phi) is 6.49. The Morgan fingerprint density at radius 1 is 0.952 bits per heavy atom. The zero-order valence-electron chi connectivity index (χ0n) is 14.8. The molecule has 1 aliphatic rings. The van der Waals surface area contributed by atoms with Gasteiger partial charge in [0.25, 0.3) is 0 Å². The van der Waals surface area contributed by atoms with Crippen molar-refractivity contribution in [1.29, 1.82) is 0 Å². The second-order valence-corrected chi connectivity index (χ2v) is 6.63. The Morgan fingerprint density at radius 2 is 1.43 bits per heavy atom. The van der Waals surface area contributed by atoms with E-state index in [1.807, 2.05) is 13.8 Å². The standard InChI is InChI=1S/C16H25BO2.C2H6/c1-13(11-12-14-9-7-6-8-10-14)17-18-15(2,3)16(4,5)19-17;1-2/h6-10,13H,11-12H2,1-5H3;1-2H3. The molecule has 2 nitrogen and oxygen atoms in total. The third-order valence-corrected chi connectivity index (χ3v) is 4.47. The van der Waals surface area contributed by atoms with E-state index in [9.17, 15) is 0 Å². The van der Waals surface area contributed by atoms with Crippen molar-refractivity contribution in [1.82, 2.24) is 0 Å². The third kappa shape index (κ3) is 4.59. The lowest BCUT2D eigenvalue weighted by molar-refractivity contribution is 0.00578. The normalized spacial score (nSPS) is 20.6. The lowest BCUT2D eigenvalue weighted by Gasteiger charge is -2.32. The molecule has 1 fully saturated rings. The number of aryl methyl sites for hydroxylation is 1. The summed E-state index contributed by atoms with van der Waals surface area (Å²) in [5, 5.41) is 0. The van der Waals surface area contributed by atoms with Crippen LogP contribution in [0.2, 0.25) is 5.82 Å². The summed E-state index contributed by atoms with van der Waals surface area (Å²) < 4.78 is 12.2. The van der Waals surface area contributed by atoms with Crippen molar-refractivity contribution < 1.29 is 9.31 Å². The van der Waals surface area contributed by atoms with Crippen LogP contribution in [0.5, 0.6) is 0 Å². The van der Waals surface area contributed by atoms with Crippen molar-refractivity contribution >= 4 is 7.12 Å². The summed E-state index contributed by atoms with van der Waals surface area (Å²) in [5.41, 5.74) is 0.933. The van der Waals surface area contributed by atoms with Crippen LogP contribution in [0, 0.1) is 0 Å². The molecule has 0 radical (unpaired) electrons. The molecular formula is C18H31BO2. The molecule has 21 heavy (non-hydrogen) atoms. The first-order valence-corrected chi connectivity index (χ1v) is 8.21. The average molecular weight is 290 g/mol. The van der Waals surface area contributed by atoms with Crippen molar-refractivity contribution in [2.75, 3.05) is 0 Å². The molecule has 0 spiro atoms. The lowest BCUT2D eigenvalue weighted by Crippen LogP contribution is -2.41. The predicted octanol–water partition coefficient (Wildman–Crippen LogP) is 5.13. The molecule has 0 aromatic heterocycles. The Labute approximate surface area is 131 Å². The van der Waals surface area contributed by atoms with Gasteiger partial charge in [0.1, 0.15) is 0 Å². The van der Waals surface area contributed by atoms with E-state index in [1.54, 1.807) is 0 Å². The fraction of sp³-hybridized carbons (Fsp3) is 0.667. The molecule has 1 atom stereocenters. The Bertz CT molecular complexity index is 398. The highest BCUT2D eigenvalue weighted by Crippen LogP contribution is 2.40. The first-order chi connectivity index (χ1) is 9.82. The van der Waals surface area contributed by atoms with Crippen LogP contribution >= 0.6 is 0 Å². The number of hydrogen-bond acceptors (Lipinski definition) is 2. The number of rotatable bonds is 4. The van der Waals surface area contributed by atoms with Crippen LogP contribution in [0.4, 0.5) is 0 Å². The van der Waals surface area contributed by atoms with Gasteiger partial charge in [0, 0.05) is 0 Å². The zero-order chi connectivity index (χ0) is 16.1. The molecule has 118 valence electrons. The van der Waals surface area contributed by atoms with Crippen LogP contribution in [0.1, 0.15) is 60.5 Å². The SMILES string of the molecule is CC.CC(CCc1ccccc1)B1OC(C)(C)C(C)(C)O1. The van der Waals surface area contributed by atoms with Crippen LogP contribution in [0.15, 0.2) is 30.3 Å². The monoisotopic (exact) mass is 290 g/mol. The fourth-order valence-electron chi connectivity index (χ4n) is 2.30. The van der Waals surface area contributed by atoms with Crippen LogP contribution in [-0.4, -0.2) is 18.3 Å². The van der Waals surface area contributed by atoms with Gasteiger partial charge in [-0.05, 0) is 51.9 Å². The smallest absolute Gasteiger partial charge is 0.403 e.